The van der Waals surface area contributed by atoms with Gasteiger partial charge in [-0.05, 0) is 48.9 Å². The first-order chi connectivity index (χ1) is 16.3. The quantitative estimate of drug-likeness (QED) is 0.542. The molecule has 1 aromatic heterocycles. The van der Waals surface area contributed by atoms with E-state index in [2.05, 4.69) is 10.4 Å². The van der Waals surface area contributed by atoms with Gasteiger partial charge in [-0.3, -0.25) is 19.1 Å². The number of likely N-dealkylation sites (tertiary alicyclic amines) is 1. The molecule has 2 bridgehead atoms. The summed E-state index contributed by atoms with van der Waals surface area (Å²) in [5.74, 6) is -0.915. The molecule has 5 rings (SSSR count). The number of hydrogen-bond acceptors (Lipinski definition) is 4. The molecule has 0 spiro atoms. The molecule has 2 heterocycles. The number of nitrogens with one attached hydrogen (secondary N) is 1. The summed E-state index contributed by atoms with van der Waals surface area (Å²) in [5, 5.41) is 8.72. The minimum atomic E-state index is -0.651. The Balaban J connectivity index is 1.34. The number of nitrogens with two attached hydrogens (primary N) is 1. The van der Waals surface area contributed by atoms with E-state index in [1.165, 1.54) is 4.68 Å². The van der Waals surface area contributed by atoms with E-state index in [4.69, 9.17) is 28.9 Å². The lowest BCUT2D eigenvalue weighted by Crippen LogP contribution is -2.53. The van der Waals surface area contributed by atoms with E-state index in [9.17, 15) is 14.4 Å². The Labute approximate surface area is 206 Å². The predicted octanol–water partition coefficient (Wildman–Crippen LogP) is 3.14. The normalized spacial score (nSPS) is 21.2. The molecule has 1 saturated carbocycles. The molecule has 34 heavy (non-hydrogen) atoms. The molecular weight excluding hydrogens is 477 g/mol. The van der Waals surface area contributed by atoms with Crippen LogP contribution in [0.1, 0.15) is 35.3 Å². The number of carbonyl (C=O) groups is 3. The molecule has 2 aliphatic rings. The summed E-state index contributed by atoms with van der Waals surface area (Å²) >= 11 is 12.0. The van der Waals surface area contributed by atoms with E-state index in [1.54, 1.807) is 41.3 Å². The van der Waals surface area contributed by atoms with Crippen LogP contribution in [0.25, 0.3) is 10.9 Å². The lowest BCUT2D eigenvalue weighted by molar-refractivity contribution is -0.143. The highest BCUT2D eigenvalue weighted by Crippen LogP contribution is 2.42. The smallest absolute Gasteiger partial charge is 0.269 e. The fraction of sp³-hybridized carbons (Fsp3) is 0.333. The van der Waals surface area contributed by atoms with Crippen molar-refractivity contribution in [3.63, 3.8) is 0 Å². The summed E-state index contributed by atoms with van der Waals surface area (Å²) in [7, 11) is 0. The number of primary amides is 1. The lowest BCUT2D eigenvalue weighted by atomic mass is 9.97. The van der Waals surface area contributed by atoms with Crippen LogP contribution in [0.4, 0.5) is 0 Å². The molecule has 2 aromatic carbocycles. The molecule has 0 unspecified atom stereocenters. The lowest BCUT2D eigenvalue weighted by Gasteiger charge is -2.34. The van der Waals surface area contributed by atoms with Crippen molar-refractivity contribution < 1.29 is 14.4 Å². The van der Waals surface area contributed by atoms with Gasteiger partial charge in [-0.25, -0.2) is 0 Å². The van der Waals surface area contributed by atoms with Gasteiger partial charge in [0.2, 0.25) is 11.8 Å². The van der Waals surface area contributed by atoms with Crippen molar-refractivity contribution in [1.82, 2.24) is 20.0 Å². The number of halogens is 2. The minimum Gasteiger partial charge on any atom is -0.364 e. The van der Waals surface area contributed by atoms with Crippen LogP contribution in [-0.2, 0) is 22.7 Å². The molecule has 176 valence electrons. The highest BCUT2D eigenvalue weighted by atomic mass is 35.5. The number of fused-ring (bicyclic) bond motifs is 3. The Morgan fingerprint density at radius 1 is 1.09 bits per heavy atom. The summed E-state index contributed by atoms with van der Waals surface area (Å²) < 4.78 is 1.49. The molecule has 1 saturated heterocycles. The van der Waals surface area contributed by atoms with E-state index >= 15 is 0 Å². The van der Waals surface area contributed by atoms with Crippen molar-refractivity contribution in [2.24, 2.45) is 11.7 Å². The second-order valence-electron chi connectivity index (χ2n) is 8.83. The van der Waals surface area contributed by atoms with E-state index in [0.29, 0.717) is 20.9 Å². The molecule has 3 atom stereocenters. The number of rotatable bonds is 6. The van der Waals surface area contributed by atoms with Crippen LogP contribution in [0.5, 0.6) is 0 Å². The highest BCUT2D eigenvalue weighted by molar-refractivity contribution is 6.42. The van der Waals surface area contributed by atoms with Crippen LogP contribution in [0.15, 0.2) is 42.5 Å². The van der Waals surface area contributed by atoms with Crippen LogP contribution in [-0.4, -0.2) is 44.5 Å². The summed E-state index contributed by atoms with van der Waals surface area (Å²) in [6, 6.07) is 11.8. The van der Waals surface area contributed by atoms with Gasteiger partial charge < -0.3 is 16.0 Å². The second-order valence-corrected chi connectivity index (χ2v) is 9.64. The Morgan fingerprint density at radius 2 is 1.88 bits per heavy atom. The van der Waals surface area contributed by atoms with E-state index < -0.39 is 11.9 Å². The molecule has 1 aliphatic heterocycles. The fourth-order valence-electron chi connectivity index (χ4n) is 5.27. The molecular formula is C24H23Cl2N5O3. The van der Waals surface area contributed by atoms with Gasteiger partial charge in [0.15, 0.2) is 5.69 Å². The SMILES string of the molecule is NC(=O)c1nn(CC(=O)N2[C@@H]3CC[C@@H](C3)[C@H]2C(=O)NCc2ccc(Cl)c(Cl)c2)c2ccccc12. The number of nitrogens with zero attached hydrogens (tertiary/aromatic N) is 3. The first kappa shape index (κ1) is 22.7. The zero-order valence-corrected chi connectivity index (χ0v) is 19.7. The average Bonchev–Trinajstić information content (AvgIpc) is 3.53. The molecule has 3 amide bonds. The molecule has 1 aliphatic carbocycles. The summed E-state index contributed by atoms with van der Waals surface area (Å²) in [6.07, 6.45) is 2.60. The number of amides is 3. The Hall–Kier alpha value is -3.10. The second kappa shape index (κ2) is 8.92. The Morgan fingerprint density at radius 3 is 2.65 bits per heavy atom. The largest absolute Gasteiger partial charge is 0.364 e. The molecule has 0 radical (unpaired) electrons. The van der Waals surface area contributed by atoms with Crippen LogP contribution in [0, 0.1) is 5.92 Å². The van der Waals surface area contributed by atoms with Crippen LogP contribution < -0.4 is 11.1 Å². The fourth-order valence-corrected chi connectivity index (χ4v) is 5.59. The van der Waals surface area contributed by atoms with Gasteiger partial charge in [0.1, 0.15) is 12.6 Å². The van der Waals surface area contributed by atoms with Gasteiger partial charge >= 0.3 is 0 Å². The summed E-state index contributed by atoms with van der Waals surface area (Å²) in [4.78, 5) is 40.2. The van der Waals surface area contributed by atoms with Gasteiger partial charge in [0.25, 0.3) is 5.91 Å². The number of piperidine rings is 1. The molecule has 3 N–H and O–H groups in total. The maximum absolute atomic E-state index is 13.4. The molecule has 8 nitrogen and oxygen atoms in total. The van der Waals surface area contributed by atoms with E-state index in [1.807, 2.05) is 6.07 Å². The van der Waals surface area contributed by atoms with Crippen molar-refractivity contribution in [3.05, 3.63) is 63.8 Å². The van der Waals surface area contributed by atoms with Crippen LogP contribution >= 0.6 is 23.2 Å². The Bertz CT molecular complexity index is 1310. The van der Waals surface area contributed by atoms with E-state index in [-0.39, 0.29) is 42.6 Å². The first-order valence-corrected chi connectivity index (χ1v) is 11.9. The van der Waals surface area contributed by atoms with Gasteiger partial charge in [-0.2, -0.15) is 5.10 Å². The third-order valence-corrected chi connectivity index (χ3v) is 7.51. The summed E-state index contributed by atoms with van der Waals surface area (Å²) in [5.41, 5.74) is 7.08. The van der Waals surface area contributed by atoms with Gasteiger partial charge in [-0.15, -0.1) is 0 Å². The zero-order chi connectivity index (χ0) is 24.0. The third kappa shape index (κ3) is 4.01. The highest BCUT2D eigenvalue weighted by Gasteiger charge is 2.51. The standard InChI is InChI=1S/C24H23Cl2N5O3/c25-17-8-5-13(9-18(17)26)11-28-24(34)22-14-6-7-15(10-14)31(22)20(32)12-30-19-4-2-1-3-16(19)21(29-30)23(27)33/h1-5,8-9,14-15,22H,6-7,10-12H2,(H2,27,33)(H,28,34)/t14-,15+,22-/m0/s1. The van der Waals surface area contributed by atoms with Crippen molar-refractivity contribution in [1.29, 1.82) is 0 Å². The zero-order valence-electron chi connectivity index (χ0n) is 18.2. The predicted molar refractivity (Wildman–Crippen MR) is 128 cm³/mol. The number of hydrogen-bond donors (Lipinski definition) is 2. The van der Waals surface area contributed by atoms with Crippen LogP contribution in [0.2, 0.25) is 10.0 Å². The third-order valence-electron chi connectivity index (χ3n) is 6.77. The van der Waals surface area contributed by atoms with Crippen molar-refractivity contribution in [3.8, 4) is 0 Å². The minimum absolute atomic E-state index is 0.0238. The molecule has 2 fully saturated rings. The number of carbonyl (C=O) groups excluding carboxylic acids is 3. The van der Waals surface area contributed by atoms with Gasteiger partial charge in [0.05, 0.1) is 15.6 Å². The average molecular weight is 500 g/mol. The van der Waals surface area contributed by atoms with E-state index in [0.717, 1.165) is 24.8 Å². The van der Waals surface area contributed by atoms with Gasteiger partial charge in [0, 0.05) is 18.0 Å². The number of para-hydroxylation sites is 1. The van der Waals surface area contributed by atoms with Gasteiger partial charge in [-0.1, -0.05) is 47.5 Å². The monoisotopic (exact) mass is 499 g/mol. The number of benzene rings is 2. The topological polar surface area (TPSA) is 110 Å². The molecule has 10 heteroatoms. The molecule has 3 aromatic rings. The van der Waals surface area contributed by atoms with Crippen molar-refractivity contribution >= 4 is 51.8 Å². The maximum atomic E-state index is 13.4. The maximum Gasteiger partial charge on any atom is 0.269 e. The summed E-state index contributed by atoms with van der Waals surface area (Å²) in [6.45, 7) is 0.213. The first-order valence-electron chi connectivity index (χ1n) is 11.1. The van der Waals surface area contributed by atoms with Crippen LogP contribution in [0.3, 0.4) is 0 Å². The Kier molecular flexibility index (Phi) is 5.95. The van der Waals surface area contributed by atoms with Crippen molar-refractivity contribution in [2.45, 2.75) is 44.4 Å². The van der Waals surface area contributed by atoms with Crippen molar-refractivity contribution in [2.75, 3.05) is 0 Å². The number of aromatic nitrogens is 2.